The molecule has 0 aromatic heterocycles. The average Bonchev–Trinajstić information content (AvgIpc) is 2.54. The van der Waals surface area contributed by atoms with E-state index in [2.05, 4.69) is 42.5 Å². The van der Waals surface area contributed by atoms with Crippen LogP contribution in [0.3, 0.4) is 0 Å². The van der Waals surface area contributed by atoms with Gasteiger partial charge in [0, 0.05) is 0 Å². The maximum Gasteiger partial charge on any atom is 0.408 e. The molecule has 9 nitrogen and oxygen atoms in total. The molecule has 2 unspecified atom stereocenters. The quantitative estimate of drug-likeness (QED) is 0.346. The highest BCUT2D eigenvalue weighted by atomic mass is 79.9. The highest BCUT2D eigenvalue weighted by Gasteiger charge is 2.37. The van der Waals surface area contributed by atoms with Crippen molar-refractivity contribution in [3.05, 3.63) is 0 Å². The van der Waals surface area contributed by atoms with Crippen molar-refractivity contribution in [2.75, 3.05) is 0 Å². The summed E-state index contributed by atoms with van der Waals surface area (Å²) in [6.45, 7) is 12.8. The van der Waals surface area contributed by atoms with Crippen molar-refractivity contribution in [3.8, 4) is 0 Å². The lowest BCUT2D eigenvalue weighted by Gasteiger charge is -2.23. The summed E-state index contributed by atoms with van der Waals surface area (Å²) in [5.41, 5.74) is -1.50. The number of nitrogens with one attached hydrogen (secondary N) is 2. The molecule has 2 N–H and O–H groups in total. The lowest BCUT2D eigenvalue weighted by Crippen LogP contribution is -2.50. The number of Topliss-reactive ketones (excluding diaryl/α,β-unsaturated/α-hetero) is 3. The molecule has 0 heterocycles. The van der Waals surface area contributed by atoms with Gasteiger partial charge in [0.2, 0.25) is 0 Å². The van der Waals surface area contributed by atoms with Crippen molar-refractivity contribution in [3.63, 3.8) is 0 Å². The minimum absolute atomic E-state index is 0.657. The zero-order chi connectivity index (χ0) is 24.0. The molecule has 0 aliphatic heterocycles. The zero-order valence-electron chi connectivity index (χ0n) is 18.4. The number of amides is 2. The van der Waals surface area contributed by atoms with Gasteiger partial charge in [-0.1, -0.05) is 31.9 Å². The van der Waals surface area contributed by atoms with Gasteiger partial charge in [-0.05, 0) is 55.4 Å². The van der Waals surface area contributed by atoms with E-state index in [0.717, 1.165) is 0 Å². The van der Waals surface area contributed by atoms with Gasteiger partial charge in [0.1, 0.15) is 20.9 Å². The van der Waals surface area contributed by atoms with Crippen LogP contribution in [0.15, 0.2) is 0 Å². The molecule has 11 heteroatoms. The van der Waals surface area contributed by atoms with E-state index in [9.17, 15) is 24.0 Å². The van der Waals surface area contributed by atoms with Gasteiger partial charge in [-0.25, -0.2) is 9.59 Å². The predicted molar refractivity (Wildman–Crippen MR) is 118 cm³/mol. The van der Waals surface area contributed by atoms with Gasteiger partial charge in [0.05, 0.1) is 12.1 Å². The number of carbonyl (C=O) groups excluding carboxylic acids is 5. The Morgan fingerprint density at radius 3 is 1.13 bits per heavy atom. The van der Waals surface area contributed by atoms with E-state index in [1.165, 1.54) is 13.8 Å². The Bertz CT molecular complexity index is 627. The number of carbonyl (C=O) groups is 5. The Balaban J connectivity index is 4.93. The first-order valence-electron chi connectivity index (χ1n) is 9.24. The predicted octanol–water partition coefficient (Wildman–Crippen LogP) is 3.05. The van der Waals surface area contributed by atoms with Crippen LogP contribution in [0, 0.1) is 0 Å². The van der Waals surface area contributed by atoms with Crippen molar-refractivity contribution < 1.29 is 33.4 Å². The summed E-state index contributed by atoms with van der Waals surface area (Å²) in [6, 6.07) is -2.08. The molecule has 0 radical (unpaired) electrons. The number of ketones is 3. The fraction of sp³-hybridized carbons (Fsp3) is 0.737. The molecule has 0 aromatic carbocycles. The number of halogens is 2. The number of alkyl halides is 2. The van der Waals surface area contributed by atoms with Crippen LogP contribution in [-0.4, -0.2) is 62.5 Å². The highest BCUT2D eigenvalue weighted by Crippen LogP contribution is 2.16. The van der Waals surface area contributed by atoms with Crippen LogP contribution in [0.1, 0.15) is 55.4 Å². The number of alkyl carbamates (subject to hydrolysis) is 2. The maximum atomic E-state index is 12.5. The second-order valence-electron chi connectivity index (χ2n) is 8.67. The summed E-state index contributed by atoms with van der Waals surface area (Å²) >= 11 is 5.97. The lowest BCUT2D eigenvalue weighted by atomic mass is 10.0. The van der Waals surface area contributed by atoms with Crippen LogP contribution in [0.5, 0.6) is 0 Å². The maximum absolute atomic E-state index is 12.5. The summed E-state index contributed by atoms with van der Waals surface area (Å²) < 4.78 is 10.1. The van der Waals surface area contributed by atoms with Gasteiger partial charge in [0.25, 0.3) is 0 Å². The van der Waals surface area contributed by atoms with E-state index in [-0.39, 0.29) is 0 Å². The molecule has 2 amide bonds. The van der Waals surface area contributed by atoms with E-state index in [4.69, 9.17) is 9.47 Å². The zero-order valence-corrected chi connectivity index (χ0v) is 21.6. The second-order valence-corrected chi connectivity index (χ2v) is 10.5. The van der Waals surface area contributed by atoms with E-state index < -0.39 is 62.5 Å². The first-order valence-corrected chi connectivity index (χ1v) is 11.1. The van der Waals surface area contributed by atoms with Crippen LogP contribution in [0.4, 0.5) is 9.59 Å². The summed E-state index contributed by atoms with van der Waals surface area (Å²) in [5, 5.41) is 4.69. The Labute approximate surface area is 193 Å². The van der Waals surface area contributed by atoms with Crippen molar-refractivity contribution in [1.82, 2.24) is 10.6 Å². The molecule has 4 atom stereocenters. The minimum atomic E-state index is -1.36. The molecule has 0 saturated heterocycles. The van der Waals surface area contributed by atoms with Gasteiger partial charge in [-0.15, -0.1) is 0 Å². The Hall–Kier alpha value is -1.49. The Kier molecular flexibility index (Phi) is 10.7. The standard InChI is InChI=1S/C19H30Br2N2O7/c1-9(22-16(27)29-18(3,4)5)13(24)11(20)15(26)12(21)14(25)10(2)23-17(28)30-19(6,7)8/h9-12H,1-8H3,(H,22,27)(H,23,28)/t9-,10-,11?,12?/m0/s1. The number of hydrogen-bond acceptors (Lipinski definition) is 7. The monoisotopic (exact) mass is 556 g/mol. The fourth-order valence-corrected chi connectivity index (χ4v) is 3.64. The second kappa shape index (κ2) is 11.2. The Morgan fingerprint density at radius 1 is 0.633 bits per heavy atom. The van der Waals surface area contributed by atoms with Gasteiger partial charge >= 0.3 is 12.2 Å². The van der Waals surface area contributed by atoms with E-state index in [1.807, 2.05) is 0 Å². The molecular weight excluding hydrogens is 528 g/mol. The number of ether oxygens (including phenoxy) is 2. The summed E-state index contributed by atoms with van der Waals surface area (Å²) in [7, 11) is 0. The molecule has 0 fully saturated rings. The van der Waals surface area contributed by atoms with Crippen LogP contribution in [-0.2, 0) is 23.9 Å². The van der Waals surface area contributed by atoms with Gasteiger partial charge < -0.3 is 20.1 Å². The van der Waals surface area contributed by atoms with E-state index in [0.29, 0.717) is 0 Å². The topological polar surface area (TPSA) is 128 Å². The molecule has 0 aliphatic carbocycles. The van der Waals surface area contributed by atoms with Crippen molar-refractivity contribution >= 4 is 61.4 Å². The fourth-order valence-electron chi connectivity index (χ4n) is 1.96. The molecule has 172 valence electrons. The SMILES string of the molecule is C[C@H](NC(=O)OC(C)(C)C)C(=O)C(Br)C(=O)C(Br)C(=O)[C@H](C)NC(=O)OC(C)(C)C. The Morgan fingerprint density at radius 2 is 0.900 bits per heavy atom. The van der Waals surface area contributed by atoms with Crippen molar-refractivity contribution in [2.45, 2.75) is 88.3 Å². The van der Waals surface area contributed by atoms with Gasteiger partial charge in [-0.3, -0.25) is 14.4 Å². The largest absolute Gasteiger partial charge is 0.444 e. The average molecular weight is 558 g/mol. The van der Waals surface area contributed by atoms with Crippen molar-refractivity contribution in [1.29, 1.82) is 0 Å². The van der Waals surface area contributed by atoms with Crippen LogP contribution >= 0.6 is 31.9 Å². The molecule has 0 bridgehead atoms. The van der Waals surface area contributed by atoms with Crippen LogP contribution in [0.2, 0.25) is 0 Å². The minimum Gasteiger partial charge on any atom is -0.444 e. The first kappa shape index (κ1) is 28.5. The van der Waals surface area contributed by atoms with Gasteiger partial charge in [-0.2, -0.15) is 0 Å². The highest BCUT2D eigenvalue weighted by molar-refractivity contribution is 9.11. The molecule has 0 aliphatic rings. The summed E-state index contributed by atoms with van der Waals surface area (Å²) in [4.78, 5) is 58.3. The molecular formula is C19H30Br2N2O7. The number of rotatable bonds is 8. The molecule has 30 heavy (non-hydrogen) atoms. The van der Waals surface area contributed by atoms with E-state index >= 15 is 0 Å². The third-order valence-electron chi connectivity index (χ3n) is 3.32. The third kappa shape index (κ3) is 10.5. The number of hydrogen-bond donors (Lipinski definition) is 2. The first-order chi connectivity index (χ1) is 13.4. The third-order valence-corrected chi connectivity index (χ3v) is 5.12. The van der Waals surface area contributed by atoms with Gasteiger partial charge in [0.15, 0.2) is 17.3 Å². The smallest absolute Gasteiger partial charge is 0.408 e. The lowest BCUT2D eigenvalue weighted by molar-refractivity contribution is -0.129. The summed E-state index contributed by atoms with van der Waals surface area (Å²) in [6.07, 6.45) is -1.62. The molecule has 0 rings (SSSR count). The molecule has 0 aromatic rings. The normalized spacial score (nSPS) is 15.8. The summed E-state index contributed by atoms with van der Waals surface area (Å²) in [5.74, 6) is -2.08. The van der Waals surface area contributed by atoms with Crippen LogP contribution < -0.4 is 10.6 Å². The molecule has 0 saturated carbocycles. The van der Waals surface area contributed by atoms with Crippen LogP contribution in [0.25, 0.3) is 0 Å². The molecule has 0 spiro atoms. The van der Waals surface area contributed by atoms with Crippen molar-refractivity contribution in [2.24, 2.45) is 0 Å². The van der Waals surface area contributed by atoms with E-state index in [1.54, 1.807) is 41.5 Å².